The average molecular weight is 250 g/mol. The minimum absolute atomic E-state index is 0.277. The van der Waals surface area contributed by atoms with Crippen LogP contribution in [-0.2, 0) is 4.74 Å². The van der Waals surface area contributed by atoms with Crippen molar-refractivity contribution in [3.8, 4) is 0 Å². The molecule has 0 fully saturated rings. The van der Waals surface area contributed by atoms with Crippen molar-refractivity contribution in [3.63, 3.8) is 0 Å². The van der Waals surface area contributed by atoms with Crippen molar-refractivity contribution in [1.82, 2.24) is 9.38 Å². The Morgan fingerprint density at radius 2 is 2.35 bits per heavy atom. The highest BCUT2D eigenvalue weighted by molar-refractivity contribution is 7.98. The van der Waals surface area contributed by atoms with Gasteiger partial charge in [0.2, 0.25) is 0 Å². The third-order valence-corrected chi connectivity index (χ3v) is 3.31. The van der Waals surface area contributed by atoms with Gasteiger partial charge in [0, 0.05) is 18.1 Å². The van der Waals surface area contributed by atoms with Crippen LogP contribution in [0.5, 0.6) is 0 Å². The lowest BCUT2D eigenvalue weighted by atomic mass is 10.2. The molecule has 17 heavy (non-hydrogen) atoms. The molecule has 90 valence electrons. The van der Waals surface area contributed by atoms with Gasteiger partial charge in [-0.3, -0.25) is 0 Å². The molecule has 2 rings (SSSR count). The molecule has 0 aromatic carbocycles. The van der Waals surface area contributed by atoms with E-state index in [0.717, 1.165) is 16.2 Å². The van der Waals surface area contributed by atoms with Gasteiger partial charge in [-0.15, -0.1) is 11.8 Å². The highest BCUT2D eigenvalue weighted by atomic mass is 32.2. The summed E-state index contributed by atoms with van der Waals surface area (Å²) in [6, 6.07) is 1.84. The van der Waals surface area contributed by atoms with Crippen LogP contribution >= 0.6 is 11.8 Å². The van der Waals surface area contributed by atoms with Crippen LogP contribution in [0.25, 0.3) is 5.52 Å². The van der Waals surface area contributed by atoms with Crippen LogP contribution in [0.15, 0.2) is 23.5 Å². The molecule has 0 saturated carbocycles. The fourth-order valence-corrected chi connectivity index (χ4v) is 2.32. The van der Waals surface area contributed by atoms with Gasteiger partial charge >= 0.3 is 5.97 Å². The number of aryl methyl sites for hydroxylation is 1. The van der Waals surface area contributed by atoms with E-state index in [0.29, 0.717) is 12.2 Å². The van der Waals surface area contributed by atoms with Gasteiger partial charge in [-0.25, -0.2) is 9.78 Å². The van der Waals surface area contributed by atoms with Crippen LogP contribution in [0.3, 0.4) is 0 Å². The molecule has 0 spiro atoms. The van der Waals surface area contributed by atoms with Gasteiger partial charge in [-0.05, 0) is 26.2 Å². The second-order valence-electron chi connectivity index (χ2n) is 3.56. The van der Waals surface area contributed by atoms with Crippen LogP contribution in [-0.4, -0.2) is 28.2 Å². The van der Waals surface area contributed by atoms with E-state index in [2.05, 4.69) is 4.98 Å². The number of rotatable bonds is 3. The topological polar surface area (TPSA) is 43.6 Å². The zero-order chi connectivity index (χ0) is 12.4. The maximum absolute atomic E-state index is 11.8. The van der Waals surface area contributed by atoms with Crippen molar-refractivity contribution in [2.24, 2.45) is 0 Å². The van der Waals surface area contributed by atoms with Gasteiger partial charge in [0.25, 0.3) is 0 Å². The van der Waals surface area contributed by atoms with Crippen molar-refractivity contribution in [2.45, 2.75) is 18.9 Å². The lowest BCUT2D eigenvalue weighted by Gasteiger charge is -2.01. The van der Waals surface area contributed by atoms with Crippen molar-refractivity contribution in [3.05, 3.63) is 29.7 Å². The van der Waals surface area contributed by atoms with Crippen LogP contribution in [0.2, 0.25) is 0 Å². The largest absolute Gasteiger partial charge is 0.462 e. The number of esters is 1. The van der Waals surface area contributed by atoms with E-state index >= 15 is 0 Å². The average Bonchev–Trinajstić information content (AvgIpc) is 2.67. The Kier molecular flexibility index (Phi) is 3.38. The summed E-state index contributed by atoms with van der Waals surface area (Å²) in [5.41, 5.74) is 2.44. The quantitative estimate of drug-likeness (QED) is 0.620. The standard InChI is InChI=1S/C12H14N2O2S/c1-4-16-12(15)9-7-10-11(17-3)13-5-6-14(10)8(9)2/h5-7H,4H2,1-3H3. The molecule has 5 heteroatoms. The normalized spacial score (nSPS) is 10.8. The zero-order valence-corrected chi connectivity index (χ0v) is 10.9. The van der Waals surface area contributed by atoms with Crippen molar-refractivity contribution < 1.29 is 9.53 Å². The van der Waals surface area contributed by atoms with Gasteiger partial charge in [-0.2, -0.15) is 0 Å². The molecule has 0 unspecified atom stereocenters. The Hall–Kier alpha value is -1.49. The second kappa shape index (κ2) is 4.79. The van der Waals surface area contributed by atoms with Gasteiger partial charge in [0.1, 0.15) is 5.03 Å². The molecule has 0 radical (unpaired) electrons. The first kappa shape index (κ1) is 12.0. The third-order valence-electron chi connectivity index (χ3n) is 2.61. The fourth-order valence-electron chi connectivity index (χ4n) is 1.78. The summed E-state index contributed by atoms with van der Waals surface area (Å²) in [4.78, 5) is 16.0. The molecule has 0 saturated heterocycles. The third kappa shape index (κ3) is 2.02. The molecule has 0 amide bonds. The zero-order valence-electron chi connectivity index (χ0n) is 10.1. The predicted octanol–water partition coefficient (Wildman–Crippen LogP) is 2.54. The first-order valence-electron chi connectivity index (χ1n) is 5.36. The van der Waals surface area contributed by atoms with Gasteiger partial charge in [-0.1, -0.05) is 0 Å². The number of ether oxygens (including phenoxy) is 1. The summed E-state index contributed by atoms with van der Waals surface area (Å²) in [5, 5.41) is 0.908. The molecule has 0 aliphatic heterocycles. The highest BCUT2D eigenvalue weighted by Crippen LogP contribution is 2.24. The molecular weight excluding hydrogens is 236 g/mol. The number of fused-ring (bicyclic) bond motifs is 1. The molecular formula is C12H14N2O2S. The number of thioether (sulfide) groups is 1. The minimum Gasteiger partial charge on any atom is -0.462 e. The molecule has 0 aliphatic carbocycles. The van der Waals surface area contributed by atoms with E-state index in [-0.39, 0.29) is 5.97 Å². The molecule has 0 N–H and O–H groups in total. The number of aromatic nitrogens is 2. The summed E-state index contributed by atoms with van der Waals surface area (Å²) in [5.74, 6) is -0.277. The Balaban J connectivity index is 2.60. The lowest BCUT2D eigenvalue weighted by Crippen LogP contribution is -2.05. The molecule has 0 atom stereocenters. The van der Waals surface area contributed by atoms with E-state index in [1.165, 1.54) is 0 Å². The summed E-state index contributed by atoms with van der Waals surface area (Å²) < 4.78 is 7.00. The van der Waals surface area contributed by atoms with E-state index in [4.69, 9.17) is 4.74 Å². The smallest absolute Gasteiger partial charge is 0.339 e. The summed E-state index contributed by atoms with van der Waals surface area (Å²) in [6.45, 7) is 4.10. The van der Waals surface area contributed by atoms with Crippen LogP contribution in [0, 0.1) is 6.92 Å². The summed E-state index contributed by atoms with van der Waals surface area (Å²) in [6.07, 6.45) is 5.56. The first-order valence-corrected chi connectivity index (χ1v) is 6.59. The SMILES string of the molecule is CCOC(=O)c1cc2c(SC)nccn2c1C. The van der Waals surface area contributed by atoms with Crippen LogP contribution in [0.1, 0.15) is 23.0 Å². The number of carbonyl (C=O) groups excluding carboxylic acids is 1. The van der Waals surface area contributed by atoms with Gasteiger partial charge in [0.05, 0.1) is 17.7 Å². The maximum Gasteiger partial charge on any atom is 0.339 e. The number of hydrogen-bond donors (Lipinski definition) is 0. The molecule has 0 bridgehead atoms. The van der Waals surface area contributed by atoms with Crippen molar-refractivity contribution >= 4 is 23.2 Å². The highest BCUT2D eigenvalue weighted by Gasteiger charge is 2.16. The lowest BCUT2D eigenvalue weighted by molar-refractivity contribution is 0.0525. The molecule has 2 aromatic rings. The Bertz CT molecular complexity index is 563. The Morgan fingerprint density at radius 3 is 3.00 bits per heavy atom. The maximum atomic E-state index is 11.8. The van der Waals surface area contributed by atoms with E-state index in [1.807, 2.05) is 29.8 Å². The van der Waals surface area contributed by atoms with E-state index in [9.17, 15) is 4.79 Å². The number of hydrogen-bond acceptors (Lipinski definition) is 4. The number of nitrogens with zero attached hydrogens (tertiary/aromatic N) is 2. The van der Waals surface area contributed by atoms with E-state index < -0.39 is 0 Å². The molecule has 2 aromatic heterocycles. The van der Waals surface area contributed by atoms with Crippen molar-refractivity contribution in [1.29, 1.82) is 0 Å². The van der Waals surface area contributed by atoms with Gasteiger partial charge in [0.15, 0.2) is 0 Å². The first-order chi connectivity index (χ1) is 8.19. The molecule has 2 heterocycles. The van der Waals surface area contributed by atoms with Crippen LogP contribution < -0.4 is 0 Å². The second-order valence-corrected chi connectivity index (χ2v) is 4.35. The van der Waals surface area contributed by atoms with E-state index in [1.54, 1.807) is 24.9 Å². The Morgan fingerprint density at radius 1 is 1.59 bits per heavy atom. The number of carbonyl (C=O) groups is 1. The Labute approximate surface area is 104 Å². The van der Waals surface area contributed by atoms with Gasteiger partial charge < -0.3 is 9.14 Å². The summed E-state index contributed by atoms with van der Waals surface area (Å²) in [7, 11) is 0. The monoisotopic (exact) mass is 250 g/mol. The minimum atomic E-state index is -0.277. The summed E-state index contributed by atoms with van der Waals surface area (Å²) >= 11 is 1.56. The predicted molar refractivity (Wildman–Crippen MR) is 67.7 cm³/mol. The molecule has 0 aliphatic rings. The van der Waals surface area contributed by atoms with Crippen molar-refractivity contribution in [2.75, 3.05) is 12.9 Å². The molecule has 4 nitrogen and oxygen atoms in total. The fraction of sp³-hybridized carbons (Fsp3) is 0.333. The van der Waals surface area contributed by atoms with Crippen LogP contribution in [0.4, 0.5) is 0 Å².